The molecular weight excluding hydrogens is 360 g/mol. The number of aryl methyl sites for hydroxylation is 2. The molecule has 0 aliphatic heterocycles. The Kier molecular flexibility index (Phi) is 7.77. The summed E-state index contributed by atoms with van der Waals surface area (Å²) in [5.41, 5.74) is 3.62. The molecule has 0 aliphatic rings. The van der Waals surface area contributed by atoms with Crippen LogP contribution in [0.4, 0.5) is 0 Å². The highest BCUT2D eigenvalue weighted by molar-refractivity contribution is 7.80. The fourth-order valence-electron chi connectivity index (χ4n) is 3.16. The average molecular weight is 392 g/mol. The number of aromatic nitrogens is 1. The molecule has 7 heteroatoms. The van der Waals surface area contributed by atoms with Gasteiger partial charge in [0.15, 0.2) is 5.11 Å². The van der Waals surface area contributed by atoms with Crippen molar-refractivity contribution in [1.29, 1.82) is 0 Å². The van der Waals surface area contributed by atoms with Gasteiger partial charge >= 0.3 is 0 Å². The van der Waals surface area contributed by atoms with Gasteiger partial charge in [-0.2, -0.15) is 0 Å². The van der Waals surface area contributed by atoms with Gasteiger partial charge < -0.3 is 25.2 Å². The predicted octanol–water partition coefficient (Wildman–Crippen LogP) is 0.348. The Hall–Kier alpha value is -1.96. The summed E-state index contributed by atoms with van der Waals surface area (Å²) >= 11 is 5.49. The predicted molar refractivity (Wildman–Crippen MR) is 114 cm³/mol. The molecule has 1 aromatic heterocycles. The lowest BCUT2D eigenvalue weighted by Gasteiger charge is -2.25. The first-order valence-corrected chi connectivity index (χ1v) is 9.78. The second-order valence-corrected chi connectivity index (χ2v) is 7.74. The first-order chi connectivity index (χ1) is 12.8. The van der Waals surface area contributed by atoms with Gasteiger partial charge in [0, 0.05) is 36.0 Å². The summed E-state index contributed by atoms with van der Waals surface area (Å²) in [7, 11) is 4.23. The first-order valence-electron chi connectivity index (χ1n) is 9.37. The van der Waals surface area contributed by atoms with E-state index in [-0.39, 0.29) is 12.2 Å². The summed E-state index contributed by atoms with van der Waals surface area (Å²) < 4.78 is 0. The molecule has 0 atom stereocenters. The Labute approximate surface area is 166 Å². The molecule has 2 aromatic rings. The lowest BCUT2D eigenvalue weighted by atomic mass is 10.0. The molecule has 0 unspecified atom stereocenters. The van der Waals surface area contributed by atoms with Crippen LogP contribution in [0.3, 0.4) is 0 Å². The maximum atomic E-state index is 12.5. The molecular formula is C20H31N4O2S+. The third-order valence-electron chi connectivity index (χ3n) is 4.54. The van der Waals surface area contributed by atoms with Crippen molar-refractivity contribution in [3.63, 3.8) is 0 Å². The third kappa shape index (κ3) is 6.02. The molecule has 0 aliphatic carbocycles. The van der Waals surface area contributed by atoms with Gasteiger partial charge in [0.2, 0.25) is 0 Å². The van der Waals surface area contributed by atoms with Crippen molar-refractivity contribution in [3.05, 3.63) is 45.2 Å². The number of benzene rings is 1. The number of nitrogens with zero attached hydrogens (tertiary/aromatic N) is 1. The molecule has 27 heavy (non-hydrogen) atoms. The highest BCUT2D eigenvalue weighted by atomic mass is 32.1. The van der Waals surface area contributed by atoms with E-state index in [2.05, 4.69) is 30.5 Å². The lowest BCUT2D eigenvalue weighted by molar-refractivity contribution is -0.858. The monoisotopic (exact) mass is 391 g/mol. The number of thiocarbonyl (C=S) groups is 1. The molecule has 1 heterocycles. The van der Waals surface area contributed by atoms with Gasteiger partial charge in [-0.05, 0) is 49.3 Å². The van der Waals surface area contributed by atoms with Crippen LogP contribution in [-0.4, -0.2) is 60.4 Å². The number of aliphatic hydroxyl groups excluding tert-OH is 1. The first kappa shape index (κ1) is 21.3. The van der Waals surface area contributed by atoms with E-state index in [1.165, 1.54) is 4.90 Å². The van der Waals surface area contributed by atoms with Crippen molar-refractivity contribution in [1.82, 2.24) is 15.2 Å². The van der Waals surface area contributed by atoms with Gasteiger partial charge in [-0.25, -0.2) is 0 Å². The second-order valence-electron chi connectivity index (χ2n) is 7.35. The molecule has 148 valence electrons. The largest absolute Gasteiger partial charge is 0.395 e. The minimum Gasteiger partial charge on any atom is -0.395 e. The SMILES string of the molecule is Cc1cc(C)c2cc(CN(CCO)C(=S)NCCC[NH+](C)C)c(=O)[nH]c2c1. The smallest absolute Gasteiger partial charge is 0.253 e. The van der Waals surface area contributed by atoms with Crippen LogP contribution in [0.25, 0.3) is 10.9 Å². The lowest BCUT2D eigenvalue weighted by Crippen LogP contribution is -3.05. The minimum absolute atomic E-state index is 0.0205. The number of aromatic amines is 1. The zero-order chi connectivity index (χ0) is 20.0. The van der Waals surface area contributed by atoms with E-state index in [1.54, 1.807) is 0 Å². The van der Waals surface area contributed by atoms with E-state index in [1.807, 2.05) is 30.9 Å². The molecule has 2 rings (SSSR count). The summed E-state index contributed by atoms with van der Waals surface area (Å²) in [6.07, 6.45) is 1.00. The number of nitrogens with one attached hydrogen (secondary N) is 3. The van der Waals surface area contributed by atoms with E-state index in [9.17, 15) is 9.90 Å². The van der Waals surface area contributed by atoms with E-state index < -0.39 is 0 Å². The van der Waals surface area contributed by atoms with Crippen LogP contribution in [0.2, 0.25) is 0 Å². The quantitative estimate of drug-likeness (QED) is 0.386. The third-order valence-corrected chi connectivity index (χ3v) is 4.94. The van der Waals surface area contributed by atoms with E-state index in [0.29, 0.717) is 23.8 Å². The zero-order valence-corrected chi connectivity index (χ0v) is 17.5. The zero-order valence-electron chi connectivity index (χ0n) is 16.7. The average Bonchev–Trinajstić information content (AvgIpc) is 2.58. The second kappa shape index (κ2) is 9.82. The standard InChI is InChI=1S/C20H30N4O2S/c1-14-10-15(2)17-12-16(19(26)22-18(17)11-14)13-24(8-9-25)20(27)21-6-5-7-23(3)4/h10-12,25H,5-9,13H2,1-4H3,(H,21,27)(H,22,26)/p+1. The number of hydrogen-bond donors (Lipinski definition) is 4. The number of quaternary nitrogens is 1. The van der Waals surface area contributed by atoms with E-state index in [4.69, 9.17) is 12.2 Å². The number of fused-ring (bicyclic) bond motifs is 1. The van der Waals surface area contributed by atoms with Crippen LogP contribution in [-0.2, 0) is 6.54 Å². The van der Waals surface area contributed by atoms with Crippen LogP contribution in [0.5, 0.6) is 0 Å². The van der Waals surface area contributed by atoms with Crippen LogP contribution >= 0.6 is 12.2 Å². The molecule has 0 radical (unpaired) electrons. The number of hydrogen-bond acceptors (Lipinski definition) is 3. The number of aliphatic hydroxyl groups is 1. The van der Waals surface area contributed by atoms with Crippen molar-refractivity contribution in [2.45, 2.75) is 26.8 Å². The molecule has 0 saturated carbocycles. The Bertz CT molecular complexity index is 848. The number of pyridine rings is 1. The summed E-state index contributed by atoms with van der Waals surface area (Å²) in [6.45, 7) is 6.62. The normalized spacial score (nSPS) is 11.2. The van der Waals surface area contributed by atoms with Crippen LogP contribution < -0.4 is 15.8 Å². The van der Waals surface area contributed by atoms with Crippen molar-refractivity contribution >= 4 is 28.2 Å². The van der Waals surface area contributed by atoms with E-state index in [0.717, 1.165) is 41.5 Å². The van der Waals surface area contributed by atoms with Gasteiger partial charge in [0.25, 0.3) is 5.56 Å². The van der Waals surface area contributed by atoms with Crippen LogP contribution in [0.1, 0.15) is 23.1 Å². The van der Waals surface area contributed by atoms with Gasteiger partial charge in [0.1, 0.15) is 0 Å². The molecule has 0 amide bonds. The molecule has 0 bridgehead atoms. The van der Waals surface area contributed by atoms with E-state index >= 15 is 0 Å². The number of rotatable bonds is 8. The molecule has 1 aromatic carbocycles. The van der Waals surface area contributed by atoms with Gasteiger partial charge in [-0.3, -0.25) is 4.79 Å². The summed E-state index contributed by atoms with van der Waals surface area (Å²) in [6, 6.07) is 6.03. The molecule has 0 saturated heterocycles. The fourth-order valence-corrected chi connectivity index (χ4v) is 3.42. The molecule has 6 nitrogen and oxygen atoms in total. The Morgan fingerprint density at radius 2 is 2.04 bits per heavy atom. The van der Waals surface area contributed by atoms with Crippen LogP contribution in [0.15, 0.2) is 23.0 Å². The Morgan fingerprint density at radius 1 is 1.30 bits per heavy atom. The Balaban J connectivity index is 2.16. The molecule has 0 spiro atoms. The minimum atomic E-state index is -0.116. The maximum Gasteiger partial charge on any atom is 0.253 e. The van der Waals surface area contributed by atoms with Crippen molar-refractivity contribution in [2.24, 2.45) is 0 Å². The van der Waals surface area contributed by atoms with Crippen molar-refractivity contribution in [3.8, 4) is 0 Å². The highest BCUT2D eigenvalue weighted by Crippen LogP contribution is 2.19. The molecule has 0 fully saturated rings. The summed E-state index contributed by atoms with van der Waals surface area (Å²) in [4.78, 5) is 18.8. The highest BCUT2D eigenvalue weighted by Gasteiger charge is 2.13. The van der Waals surface area contributed by atoms with Gasteiger partial charge in [-0.1, -0.05) is 6.07 Å². The van der Waals surface area contributed by atoms with Gasteiger partial charge in [0.05, 0.1) is 33.8 Å². The topological polar surface area (TPSA) is 72.8 Å². The van der Waals surface area contributed by atoms with Gasteiger partial charge in [-0.15, -0.1) is 0 Å². The maximum absolute atomic E-state index is 12.5. The summed E-state index contributed by atoms with van der Waals surface area (Å²) in [5, 5.41) is 14.2. The Morgan fingerprint density at radius 3 is 2.70 bits per heavy atom. The van der Waals surface area contributed by atoms with Crippen molar-refractivity contribution < 1.29 is 10.0 Å². The molecule has 4 N–H and O–H groups in total. The van der Waals surface area contributed by atoms with Crippen molar-refractivity contribution in [2.75, 3.05) is 40.3 Å². The summed E-state index contributed by atoms with van der Waals surface area (Å²) in [5.74, 6) is 0. The fraction of sp³-hybridized carbons (Fsp3) is 0.500. The number of H-pyrrole nitrogens is 1. The van der Waals surface area contributed by atoms with Crippen LogP contribution in [0, 0.1) is 13.8 Å².